The summed E-state index contributed by atoms with van der Waals surface area (Å²) in [5.41, 5.74) is 0.139. The molecule has 1 aromatic heterocycles. The van der Waals surface area contributed by atoms with Gasteiger partial charge in [0.25, 0.3) is 0 Å². The summed E-state index contributed by atoms with van der Waals surface area (Å²) in [5, 5.41) is 3.74. The smallest absolute Gasteiger partial charge is 0.371 e. The minimum Gasteiger partial charge on any atom is -0.371 e. The molecule has 3 fully saturated rings. The van der Waals surface area contributed by atoms with Crippen molar-refractivity contribution < 1.29 is 26.7 Å². The van der Waals surface area contributed by atoms with Gasteiger partial charge in [0.2, 0.25) is 5.96 Å². The van der Waals surface area contributed by atoms with Crippen LogP contribution in [0.15, 0.2) is 29.2 Å². The largest absolute Gasteiger partial charge is 0.408 e. The number of halogens is 5. The van der Waals surface area contributed by atoms with E-state index in [9.17, 15) is 22.0 Å². The second kappa shape index (κ2) is 7.64. The predicted octanol–water partition coefficient (Wildman–Crippen LogP) is 2.79. The molecular weight excluding hydrogens is 423 g/mol. The molecule has 3 saturated heterocycles. The van der Waals surface area contributed by atoms with E-state index < -0.39 is 18.8 Å². The van der Waals surface area contributed by atoms with Crippen LogP contribution in [0, 0.1) is 0 Å². The maximum atomic E-state index is 13.8. The minimum atomic E-state index is -4.47. The lowest BCUT2D eigenvalue weighted by Gasteiger charge is -2.46. The van der Waals surface area contributed by atoms with Gasteiger partial charge in [-0.1, -0.05) is 0 Å². The van der Waals surface area contributed by atoms with E-state index in [-0.39, 0.29) is 43.4 Å². The molecule has 0 N–H and O–H groups in total. The Hall–Kier alpha value is -2.37. The highest BCUT2D eigenvalue weighted by Gasteiger charge is 2.49. The van der Waals surface area contributed by atoms with Crippen LogP contribution >= 0.6 is 0 Å². The highest BCUT2D eigenvalue weighted by molar-refractivity contribution is 5.83. The number of aromatic nitrogens is 2. The van der Waals surface area contributed by atoms with Crippen molar-refractivity contribution in [3.05, 3.63) is 29.9 Å². The molecule has 5 heterocycles. The molecule has 3 atom stereocenters. The summed E-state index contributed by atoms with van der Waals surface area (Å²) in [6.45, 7) is -1.08. The van der Waals surface area contributed by atoms with Crippen molar-refractivity contribution in [3.63, 3.8) is 0 Å². The first-order valence-electron chi connectivity index (χ1n) is 10.4. The lowest BCUT2D eigenvalue weighted by atomic mass is 10.1. The average Bonchev–Trinajstić information content (AvgIpc) is 3.33. The Morgan fingerprint density at radius 2 is 1.84 bits per heavy atom. The monoisotopic (exact) mass is 446 g/mol. The molecule has 2 bridgehead atoms. The quantitative estimate of drug-likeness (QED) is 0.666. The normalized spacial score (nSPS) is 28.7. The number of alkyl halides is 5. The Kier molecular flexibility index (Phi) is 5.06. The topological polar surface area (TPSA) is 49.1 Å². The number of hydrogen-bond donors (Lipinski definition) is 0. The summed E-state index contributed by atoms with van der Waals surface area (Å²) in [5.74, 6) is 0.869. The lowest BCUT2D eigenvalue weighted by Crippen LogP contribution is -2.60. The number of hydrogen-bond acceptors (Lipinski definition) is 6. The fraction of sp³-hybridized carbons (Fsp3) is 0.684. The van der Waals surface area contributed by atoms with Crippen LogP contribution in [-0.4, -0.2) is 81.0 Å². The third-order valence-corrected chi connectivity index (χ3v) is 6.24. The van der Waals surface area contributed by atoms with E-state index in [0.29, 0.717) is 30.1 Å². The van der Waals surface area contributed by atoms with Crippen LogP contribution in [0.2, 0.25) is 0 Å². The summed E-state index contributed by atoms with van der Waals surface area (Å²) in [7, 11) is 0. The van der Waals surface area contributed by atoms with Crippen molar-refractivity contribution in [3.8, 4) is 0 Å². The molecule has 2 unspecified atom stereocenters. The summed E-state index contributed by atoms with van der Waals surface area (Å²) in [4.78, 5) is 9.66. The zero-order valence-corrected chi connectivity index (χ0v) is 16.7. The molecule has 1 aromatic rings. The zero-order chi connectivity index (χ0) is 21.8. The van der Waals surface area contributed by atoms with E-state index in [1.807, 2.05) is 6.08 Å². The summed E-state index contributed by atoms with van der Waals surface area (Å²) >= 11 is 0. The third-order valence-electron chi connectivity index (χ3n) is 6.24. The van der Waals surface area contributed by atoms with Crippen LogP contribution in [0.4, 0.5) is 22.0 Å². The van der Waals surface area contributed by atoms with E-state index >= 15 is 0 Å². The predicted molar refractivity (Wildman–Crippen MR) is 100 cm³/mol. The van der Waals surface area contributed by atoms with Crippen molar-refractivity contribution in [2.45, 2.75) is 56.8 Å². The zero-order valence-electron chi connectivity index (χ0n) is 16.7. The molecule has 4 aliphatic rings. The molecule has 170 valence electrons. The molecule has 12 heteroatoms. The van der Waals surface area contributed by atoms with Gasteiger partial charge in [-0.2, -0.15) is 32.0 Å². The van der Waals surface area contributed by atoms with Gasteiger partial charge in [-0.05, 0) is 31.4 Å². The molecule has 0 radical (unpaired) electrons. The van der Waals surface area contributed by atoms with E-state index in [4.69, 9.17) is 4.74 Å². The maximum Gasteiger partial charge on any atom is 0.408 e. The fourth-order valence-electron chi connectivity index (χ4n) is 4.77. The molecular formula is C19H23F5N6O. The van der Waals surface area contributed by atoms with Gasteiger partial charge in [0, 0.05) is 32.4 Å². The molecule has 0 spiro atoms. The Bertz CT molecular complexity index is 871. The van der Waals surface area contributed by atoms with Crippen molar-refractivity contribution in [1.82, 2.24) is 24.5 Å². The Morgan fingerprint density at radius 1 is 1.10 bits per heavy atom. The maximum absolute atomic E-state index is 13.8. The number of likely N-dealkylation sites (tertiary alicyclic amines) is 1. The van der Waals surface area contributed by atoms with Gasteiger partial charge in [-0.25, -0.2) is 4.68 Å². The van der Waals surface area contributed by atoms with Gasteiger partial charge in [-0.15, -0.1) is 0 Å². The van der Waals surface area contributed by atoms with Crippen molar-refractivity contribution >= 4 is 5.96 Å². The third kappa shape index (κ3) is 3.97. The van der Waals surface area contributed by atoms with Crippen LogP contribution in [0.3, 0.4) is 0 Å². The summed E-state index contributed by atoms with van der Waals surface area (Å²) in [6, 6.07) is -0.433. The van der Waals surface area contributed by atoms with E-state index in [0.717, 1.165) is 23.9 Å². The Labute approximate surface area is 175 Å². The standard InChI is InChI=1S/C19H23F5N6O/c20-17(21)30-8-3-12(26-30)9-29-15(19(22,23)24)4-6-27-7-5-16(25-18(27)29)28-10-13-1-2-14(11-28)31-13/h3,5,8,13-15,17H,1-2,4,6-7,9-11H2/t13?,14?,15-/m0/s1. The molecule has 7 nitrogen and oxygen atoms in total. The van der Waals surface area contributed by atoms with Crippen LogP contribution in [0.1, 0.15) is 31.5 Å². The highest BCUT2D eigenvalue weighted by atomic mass is 19.4. The Balaban J connectivity index is 1.43. The molecule has 4 aliphatic heterocycles. The van der Waals surface area contributed by atoms with Crippen LogP contribution in [0.25, 0.3) is 0 Å². The van der Waals surface area contributed by atoms with Gasteiger partial charge in [0.05, 0.1) is 24.4 Å². The first-order chi connectivity index (χ1) is 14.8. The van der Waals surface area contributed by atoms with Gasteiger partial charge in [0.1, 0.15) is 11.9 Å². The van der Waals surface area contributed by atoms with Gasteiger partial charge in [-0.3, -0.25) is 0 Å². The first kappa shape index (κ1) is 20.5. The SMILES string of the molecule is FC(F)n1ccc(CN2C3=NC(N4CC5CCC(C4)O5)=CCN3CC[C@H]2C(F)(F)F)n1. The number of nitrogens with zero attached hydrogens (tertiary/aromatic N) is 6. The number of fused-ring (bicyclic) bond motifs is 3. The molecule has 0 aliphatic carbocycles. The van der Waals surface area contributed by atoms with Gasteiger partial charge >= 0.3 is 12.7 Å². The van der Waals surface area contributed by atoms with E-state index in [2.05, 4.69) is 15.0 Å². The fourth-order valence-corrected chi connectivity index (χ4v) is 4.77. The molecule has 0 saturated carbocycles. The van der Waals surface area contributed by atoms with Crippen molar-refractivity contribution in [1.29, 1.82) is 0 Å². The number of guanidine groups is 1. The molecule has 5 rings (SSSR count). The summed E-state index contributed by atoms with van der Waals surface area (Å²) < 4.78 is 73.6. The molecule has 0 amide bonds. The number of ether oxygens (including phenoxy) is 1. The average molecular weight is 446 g/mol. The van der Waals surface area contributed by atoms with Crippen molar-refractivity contribution in [2.75, 3.05) is 26.2 Å². The number of aliphatic imine (C=N–C) groups is 1. The lowest BCUT2D eigenvalue weighted by molar-refractivity contribution is -0.182. The van der Waals surface area contributed by atoms with Crippen LogP contribution < -0.4 is 0 Å². The second-order valence-corrected chi connectivity index (χ2v) is 8.32. The van der Waals surface area contributed by atoms with Crippen molar-refractivity contribution in [2.24, 2.45) is 4.99 Å². The van der Waals surface area contributed by atoms with E-state index in [1.165, 1.54) is 6.07 Å². The first-order valence-corrected chi connectivity index (χ1v) is 10.4. The number of rotatable bonds is 4. The molecule has 31 heavy (non-hydrogen) atoms. The number of morpholine rings is 1. The van der Waals surface area contributed by atoms with E-state index in [1.54, 1.807) is 4.90 Å². The van der Waals surface area contributed by atoms with Crippen LogP contribution in [-0.2, 0) is 11.3 Å². The minimum absolute atomic E-state index is 0.122. The summed E-state index contributed by atoms with van der Waals surface area (Å²) in [6.07, 6.45) is 0.622. The Morgan fingerprint density at radius 3 is 2.48 bits per heavy atom. The van der Waals surface area contributed by atoms with Gasteiger partial charge < -0.3 is 19.4 Å². The second-order valence-electron chi connectivity index (χ2n) is 8.32. The van der Waals surface area contributed by atoms with Crippen LogP contribution in [0.5, 0.6) is 0 Å². The van der Waals surface area contributed by atoms with Gasteiger partial charge in [0.15, 0.2) is 0 Å². The molecule has 0 aromatic carbocycles. The highest BCUT2D eigenvalue weighted by Crippen LogP contribution is 2.35.